The predicted octanol–water partition coefficient (Wildman–Crippen LogP) is 1.42. The highest BCUT2D eigenvalue weighted by atomic mass is 16.6. The number of benzene rings is 2. The Kier molecular flexibility index (Phi) is 11.3. The largest absolute Gasteiger partial charge is 0.481 e. The van der Waals surface area contributed by atoms with Gasteiger partial charge in [0.25, 0.3) is 11.8 Å². The van der Waals surface area contributed by atoms with E-state index in [2.05, 4.69) is 10.1 Å². The first-order chi connectivity index (χ1) is 16.8. The maximum Gasteiger partial charge on any atom is 0.314 e. The van der Waals surface area contributed by atoms with Crippen molar-refractivity contribution >= 4 is 47.0 Å². The van der Waals surface area contributed by atoms with Gasteiger partial charge in [-0.2, -0.15) is 0 Å². The van der Waals surface area contributed by atoms with Crippen molar-refractivity contribution in [3.63, 3.8) is 0 Å². The van der Waals surface area contributed by atoms with Crippen LogP contribution in [0, 0.1) is 13.8 Å². The molecule has 192 valence electrons. The Labute approximate surface area is 206 Å². The molecule has 0 unspecified atom stereocenters. The van der Waals surface area contributed by atoms with Crippen LogP contribution < -0.4 is 22.5 Å². The van der Waals surface area contributed by atoms with Gasteiger partial charge in [0.05, 0.1) is 36.1 Å². The highest BCUT2D eigenvalue weighted by Gasteiger charge is 2.19. The topological polar surface area (TPSA) is 222 Å². The van der Waals surface area contributed by atoms with E-state index >= 15 is 0 Å². The number of nitrogen functional groups attached to an aromatic ring is 1. The van der Waals surface area contributed by atoms with Gasteiger partial charge in [-0.3, -0.25) is 28.8 Å². The van der Waals surface area contributed by atoms with Gasteiger partial charge < -0.3 is 32.4 Å². The summed E-state index contributed by atoms with van der Waals surface area (Å²) in [5.74, 6) is -3.45. The third-order valence-corrected chi connectivity index (χ3v) is 4.51. The van der Waals surface area contributed by atoms with Crippen LogP contribution in [0.2, 0.25) is 0 Å². The zero-order chi connectivity index (χ0) is 27.4. The van der Waals surface area contributed by atoms with Gasteiger partial charge in [-0.25, -0.2) is 0 Å². The highest BCUT2D eigenvalue weighted by molar-refractivity contribution is 6.03. The van der Waals surface area contributed by atoms with Crippen LogP contribution in [0.15, 0.2) is 36.4 Å². The van der Waals surface area contributed by atoms with Crippen molar-refractivity contribution in [2.24, 2.45) is 11.5 Å². The molecule has 3 amide bonds. The minimum atomic E-state index is -1.05. The fourth-order valence-electron chi connectivity index (χ4n) is 2.75. The second-order valence-electron chi connectivity index (χ2n) is 7.66. The van der Waals surface area contributed by atoms with E-state index in [1.54, 1.807) is 37.3 Å². The summed E-state index contributed by atoms with van der Waals surface area (Å²) in [7, 11) is 0. The molecule has 0 saturated carbocycles. The summed E-state index contributed by atoms with van der Waals surface area (Å²) in [5.41, 5.74) is 19.0. The number of aryl methyl sites for hydroxylation is 2. The molecule has 2 aromatic rings. The predicted molar refractivity (Wildman–Crippen MR) is 130 cm³/mol. The van der Waals surface area contributed by atoms with E-state index in [9.17, 15) is 28.8 Å². The lowest BCUT2D eigenvalue weighted by Crippen LogP contribution is -2.18. The molecule has 12 nitrogen and oxygen atoms in total. The van der Waals surface area contributed by atoms with Crippen molar-refractivity contribution < 1.29 is 38.6 Å². The monoisotopic (exact) mass is 500 g/mol. The Morgan fingerprint density at radius 1 is 0.861 bits per heavy atom. The fourth-order valence-corrected chi connectivity index (χ4v) is 2.75. The van der Waals surface area contributed by atoms with Crippen LogP contribution in [0.4, 0.5) is 11.4 Å². The first-order valence-corrected chi connectivity index (χ1v) is 10.6. The lowest BCUT2D eigenvalue weighted by atomic mass is 10.1. The molecule has 2 aromatic carbocycles. The van der Waals surface area contributed by atoms with Gasteiger partial charge >= 0.3 is 17.9 Å². The number of rotatable bonds is 6. The van der Waals surface area contributed by atoms with Crippen LogP contribution in [0.3, 0.4) is 0 Å². The van der Waals surface area contributed by atoms with E-state index in [0.29, 0.717) is 16.9 Å². The van der Waals surface area contributed by atoms with Crippen LogP contribution in [-0.4, -0.2) is 40.7 Å². The first kappa shape index (κ1) is 29.3. The summed E-state index contributed by atoms with van der Waals surface area (Å²) in [6.45, 7) is 3.71. The number of primary amides is 2. The van der Waals surface area contributed by atoms with E-state index < -0.39 is 35.6 Å². The van der Waals surface area contributed by atoms with Gasteiger partial charge in [0.15, 0.2) is 0 Å². The number of amides is 3. The van der Waals surface area contributed by atoms with Crippen LogP contribution in [0.25, 0.3) is 0 Å². The molecule has 0 spiro atoms. The molecule has 12 heteroatoms. The van der Waals surface area contributed by atoms with E-state index in [1.807, 2.05) is 6.92 Å². The number of carbonyl (C=O) groups excluding carboxylic acids is 5. The third-order valence-electron chi connectivity index (χ3n) is 4.51. The minimum absolute atomic E-state index is 0.151. The quantitative estimate of drug-likeness (QED) is 0.219. The summed E-state index contributed by atoms with van der Waals surface area (Å²) in [5, 5.41) is 10.9. The molecule has 0 aliphatic carbocycles. The second kappa shape index (κ2) is 13.8. The van der Waals surface area contributed by atoms with Crippen molar-refractivity contribution in [1.82, 2.24) is 0 Å². The first-order valence-electron chi connectivity index (χ1n) is 10.6. The number of ether oxygens (including phenoxy) is 1. The number of esters is 2. The Bertz CT molecular complexity index is 1160. The molecule has 0 bridgehead atoms. The number of aliphatic carboxylic acids is 1. The van der Waals surface area contributed by atoms with Gasteiger partial charge in [0.2, 0.25) is 5.91 Å². The Morgan fingerprint density at radius 3 is 1.78 bits per heavy atom. The van der Waals surface area contributed by atoms with E-state index in [0.717, 1.165) is 11.1 Å². The number of carbonyl (C=O) groups is 6. The molecule has 1 heterocycles. The van der Waals surface area contributed by atoms with Crippen molar-refractivity contribution in [2.75, 3.05) is 11.1 Å². The number of hydrogen-bond donors (Lipinski definition) is 5. The lowest BCUT2D eigenvalue weighted by molar-refractivity contribution is -0.152. The summed E-state index contributed by atoms with van der Waals surface area (Å²) < 4.78 is 4.08. The lowest BCUT2D eigenvalue weighted by Gasteiger charge is -2.09. The maximum absolute atomic E-state index is 11.5. The SMILES string of the molecule is Cc1ccc(C(N)=O)c(N)c1.Cc1ccc(C(N)=O)c(NC(=O)CCC(=O)O)c1.O=C1CCC(=O)O1. The molecule has 1 aliphatic rings. The van der Waals surface area contributed by atoms with Gasteiger partial charge in [0, 0.05) is 12.1 Å². The molecule has 8 N–H and O–H groups in total. The minimum Gasteiger partial charge on any atom is -0.481 e. The average molecular weight is 501 g/mol. The zero-order valence-corrected chi connectivity index (χ0v) is 19.8. The highest BCUT2D eigenvalue weighted by Crippen LogP contribution is 2.17. The Morgan fingerprint density at radius 2 is 1.36 bits per heavy atom. The standard InChI is InChI=1S/C12H14N2O4.C8H10N2O.C4H4O3/c1-7-2-3-8(12(13)18)9(6-7)14-10(15)4-5-11(16)17;1-5-2-3-6(8(10)11)7(9)4-5;5-3-1-2-4(6)7-3/h2-3,6H,4-5H2,1H3,(H2,13,18)(H,14,15)(H,16,17);2-4H,9H2,1H3,(H2,10,11);1-2H2. The number of anilines is 2. The molecule has 0 atom stereocenters. The van der Waals surface area contributed by atoms with Crippen LogP contribution in [0.5, 0.6) is 0 Å². The normalized spacial score (nSPS) is 11.7. The molecule has 0 aromatic heterocycles. The zero-order valence-electron chi connectivity index (χ0n) is 19.8. The van der Waals surface area contributed by atoms with Crippen molar-refractivity contribution in [1.29, 1.82) is 0 Å². The van der Waals surface area contributed by atoms with E-state index in [1.165, 1.54) is 6.07 Å². The van der Waals surface area contributed by atoms with E-state index in [4.69, 9.17) is 22.3 Å². The van der Waals surface area contributed by atoms with Gasteiger partial charge in [-0.1, -0.05) is 12.1 Å². The molecular formula is C24H28N4O8. The third kappa shape index (κ3) is 10.5. The number of carboxylic acids is 1. The number of nitrogens with one attached hydrogen (secondary N) is 1. The number of cyclic esters (lactones) is 2. The summed E-state index contributed by atoms with van der Waals surface area (Å²) in [4.78, 5) is 63.7. The number of hydrogen-bond acceptors (Lipinski definition) is 8. The molecule has 1 fully saturated rings. The second-order valence-corrected chi connectivity index (χ2v) is 7.66. The van der Waals surface area contributed by atoms with Crippen LogP contribution >= 0.6 is 0 Å². The summed E-state index contributed by atoms with van der Waals surface area (Å²) >= 11 is 0. The van der Waals surface area contributed by atoms with Gasteiger partial charge in [-0.05, 0) is 49.2 Å². The fraction of sp³-hybridized carbons (Fsp3) is 0.250. The maximum atomic E-state index is 11.5. The molecule has 1 saturated heterocycles. The van der Waals surface area contributed by atoms with Crippen molar-refractivity contribution in [2.45, 2.75) is 39.5 Å². The average Bonchev–Trinajstić information content (AvgIpc) is 3.15. The number of nitrogens with two attached hydrogens (primary N) is 3. The van der Waals surface area contributed by atoms with E-state index in [-0.39, 0.29) is 31.2 Å². The molecule has 36 heavy (non-hydrogen) atoms. The number of carboxylic acid groups (broad SMARTS) is 1. The Hall–Kier alpha value is -4.74. The molecule has 3 rings (SSSR count). The van der Waals surface area contributed by atoms with Crippen molar-refractivity contribution in [3.8, 4) is 0 Å². The summed E-state index contributed by atoms with van der Waals surface area (Å²) in [6, 6.07) is 9.99. The smallest absolute Gasteiger partial charge is 0.314 e. The van der Waals surface area contributed by atoms with Gasteiger partial charge in [0.1, 0.15) is 0 Å². The summed E-state index contributed by atoms with van der Waals surface area (Å²) in [6.07, 6.45) is 0.114. The van der Waals surface area contributed by atoms with Crippen molar-refractivity contribution in [3.05, 3.63) is 58.7 Å². The molecule has 0 radical (unpaired) electrons. The molecular weight excluding hydrogens is 472 g/mol. The van der Waals surface area contributed by atoms with Crippen LogP contribution in [0.1, 0.15) is 57.5 Å². The Balaban J connectivity index is 0.000000303. The van der Waals surface area contributed by atoms with Gasteiger partial charge in [-0.15, -0.1) is 0 Å². The molecule has 1 aliphatic heterocycles. The van der Waals surface area contributed by atoms with Crippen LogP contribution in [-0.2, 0) is 23.9 Å².